The number of carbonyl (C=O) groups is 1. The molecule has 1 atom stereocenters. The lowest BCUT2D eigenvalue weighted by Crippen LogP contribution is -2.12. The predicted molar refractivity (Wildman–Crippen MR) is 65.2 cm³/mol. The standard InChI is InChI=1S/C12H13BrO2/c1-3-10-6-4-5-7-11(10)12(14)15-8-9(2)13/h3-7,9H,1,8H2,2H3. The molecule has 2 nitrogen and oxygen atoms in total. The van der Waals surface area contributed by atoms with E-state index in [2.05, 4.69) is 22.5 Å². The molecule has 1 aromatic carbocycles. The molecule has 15 heavy (non-hydrogen) atoms. The van der Waals surface area contributed by atoms with Crippen LogP contribution in [-0.2, 0) is 4.74 Å². The van der Waals surface area contributed by atoms with E-state index < -0.39 is 0 Å². The van der Waals surface area contributed by atoms with Crippen LogP contribution in [0.3, 0.4) is 0 Å². The van der Waals surface area contributed by atoms with Gasteiger partial charge in [0, 0.05) is 4.83 Å². The van der Waals surface area contributed by atoms with Gasteiger partial charge in [-0.05, 0) is 18.6 Å². The van der Waals surface area contributed by atoms with Gasteiger partial charge >= 0.3 is 5.97 Å². The number of benzene rings is 1. The van der Waals surface area contributed by atoms with Crippen LogP contribution in [0.2, 0.25) is 0 Å². The predicted octanol–water partition coefficient (Wildman–Crippen LogP) is 3.27. The molecule has 0 heterocycles. The van der Waals surface area contributed by atoms with E-state index in [1.165, 1.54) is 0 Å². The monoisotopic (exact) mass is 268 g/mol. The van der Waals surface area contributed by atoms with E-state index in [0.29, 0.717) is 12.2 Å². The van der Waals surface area contributed by atoms with Crippen molar-refractivity contribution >= 4 is 28.0 Å². The number of esters is 1. The largest absolute Gasteiger partial charge is 0.461 e. The Labute approximate surface area is 98.1 Å². The topological polar surface area (TPSA) is 26.3 Å². The molecule has 0 saturated carbocycles. The molecule has 1 rings (SSSR count). The Kier molecular flexibility index (Phi) is 4.56. The highest BCUT2D eigenvalue weighted by Gasteiger charge is 2.10. The van der Waals surface area contributed by atoms with Crippen molar-refractivity contribution in [2.75, 3.05) is 6.61 Å². The number of hydrogen-bond acceptors (Lipinski definition) is 2. The second-order valence-electron chi connectivity index (χ2n) is 3.17. The summed E-state index contributed by atoms with van der Waals surface area (Å²) in [5, 5.41) is 0. The zero-order chi connectivity index (χ0) is 11.3. The van der Waals surface area contributed by atoms with Crippen LogP contribution in [0.25, 0.3) is 6.08 Å². The van der Waals surface area contributed by atoms with Crippen LogP contribution in [0.1, 0.15) is 22.8 Å². The Morgan fingerprint density at radius 2 is 2.27 bits per heavy atom. The number of halogens is 1. The molecule has 80 valence electrons. The minimum absolute atomic E-state index is 0.164. The van der Waals surface area contributed by atoms with Gasteiger partial charge in [0.2, 0.25) is 0 Å². The van der Waals surface area contributed by atoms with Gasteiger partial charge in [-0.15, -0.1) is 0 Å². The number of rotatable bonds is 4. The fraction of sp³-hybridized carbons (Fsp3) is 0.250. The molecule has 0 N–H and O–H groups in total. The molecule has 0 radical (unpaired) electrons. The quantitative estimate of drug-likeness (QED) is 0.619. The molecule has 0 aliphatic carbocycles. The Hall–Kier alpha value is -1.09. The summed E-state index contributed by atoms with van der Waals surface area (Å²) < 4.78 is 5.10. The van der Waals surface area contributed by atoms with Gasteiger partial charge in [0.1, 0.15) is 6.61 Å². The Bertz CT molecular complexity index is 358. The summed E-state index contributed by atoms with van der Waals surface area (Å²) in [7, 11) is 0. The first-order valence-electron chi connectivity index (χ1n) is 4.68. The van der Waals surface area contributed by atoms with E-state index in [0.717, 1.165) is 5.56 Å². The lowest BCUT2D eigenvalue weighted by molar-refractivity contribution is 0.0511. The van der Waals surface area contributed by atoms with E-state index in [1.807, 2.05) is 19.1 Å². The summed E-state index contributed by atoms with van der Waals surface area (Å²) in [4.78, 5) is 11.8. The molecule has 0 saturated heterocycles. The van der Waals surface area contributed by atoms with Gasteiger partial charge in [0.25, 0.3) is 0 Å². The summed E-state index contributed by atoms with van der Waals surface area (Å²) in [6, 6.07) is 7.24. The molecule has 1 unspecified atom stereocenters. The molecule has 0 aliphatic rings. The van der Waals surface area contributed by atoms with Crippen LogP contribution in [0, 0.1) is 0 Å². The maximum Gasteiger partial charge on any atom is 0.338 e. The van der Waals surface area contributed by atoms with E-state index in [4.69, 9.17) is 4.74 Å². The first-order chi connectivity index (χ1) is 7.15. The summed E-state index contributed by atoms with van der Waals surface area (Å²) in [6.45, 7) is 5.94. The van der Waals surface area contributed by atoms with Crippen molar-refractivity contribution in [3.63, 3.8) is 0 Å². The highest BCUT2D eigenvalue weighted by molar-refractivity contribution is 9.09. The molecule has 0 fully saturated rings. The summed E-state index contributed by atoms with van der Waals surface area (Å²) in [5.74, 6) is -0.309. The van der Waals surface area contributed by atoms with E-state index >= 15 is 0 Å². The van der Waals surface area contributed by atoms with Gasteiger partial charge < -0.3 is 4.74 Å². The number of ether oxygens (including phenoxy) is 1. The zero-order valence-corrected chi connectivity index (χ0v) is 10.2. The number of carbonyl (C=O) groups excluding carboxylic acids is 1. The molecular formula is C12H13BrO2. The van der Waals surface area contributed by atoms with Crippen LogP contribution in [0.15, 0.2) is 30.8 Å². The third kappa shape index (κ3) is 3.51. The van der Waals surface area contributed by atoms with Gasteiger partial charge in [-0.25, -0.2) is 4.79 Å². The first-order valence-corrected chi connectivity index (χ1v) is 5.59. The van der Waals surface area contributed by atoms with Crippen molar-refractivity contribution in [3.05, 3.63) is 42.0 Å². The normalized spacial score (nSPS) is 11.9. The molecule has 0 aromatic heterocycles. The van der Waals surface area contributed by atoms with Crippen molar-refractivity contribution in [1.82, 2.24) is 0 Å². The van der Waals surface area contributed by atoms with Gasteiger partial charge in [-0.2, -0.15) is 0 Å². The van der Waals surface area contributed by atoms with Crippen molar-refractivity contribution in [1.29, 1.82) is 0 Å². The van der Waals surface area contributed by atoms with Gasteiger partial charge in [-0.3, -0.25) is 0 Å². The second-order valence-corrected chi connectivity index (χ2v) is 4.73. The minimum Gasteiger partial charge on any atom is -0.461 e. The average molecular weight is 269 g/mol. The maximum atomic E-state index is 11.6. The van der Waals surface area contributed by atoms with Gasteiger partial charge in [-0.1, -0.05) is 46.8 Å². The highest BCUT2D eigenvalue weighted by atomic mass is 79.9. The van der Waals surface area contributed by atoms with E-state index in [9.17, 15) is 4.79 Å². The highest BCUT2D eigenvalue weighted by Crippen LogP contribution is 2.12. The van der Waals surface area contributed by atoms with Crippen molar-refractivity contribution in [2.45, 2.75) is 11.8 Å². The fourth-order valence-corrected chi connectivity index (χ4v) is 1.26. The molecule has 3 heteroatoms. The maximum absolute atomic E-state index is 11.6. The van der Waals surface area contributed by atoms with Crippen molar-refractivity contribution < 1.29 is 9.53 Å². The van der Waals surface area contributed by atoms with E-state index in [1.54, 1.807) is 18.2 Å². The zero-order valence-electron chi connectivity index (χ0n) is 8.57. The van der Waals surface area contributed by atoms with Gasteiger partial charge in [0.05, 0.1) is 5.56 Å². The Morgan fingerprint density at radius 3 is 2.87 bits per heavy atom. The van der Waals surface area contributed by atoms with Crippen molar-refractivity contribution in [3.8, 4) is 0 Å². The van der Waals surface area contributed by atoms with Gasteiger partial charge in [0.15, 0.2) is 0 Å². The van der Waals surface area contributed by atoms with Crippen LogP contribution >= 0.6 is 15.9 Å². The molecule has 0 amide bonds. The fourth-order valence-electron chi connectivity index (χ4n) is 1.13. The molecule has 0 spiro atoms. The summed E-state index contributed by atoms with van der Waals surface area (Å²) in [5.41, 5.74) is 1.35. The van der Waals surface area contributed by atoms with Crippen LogP contribution in [0.4, 0.5) is 0 Å². The average Bonchev–Trinajstić information content (AvgIpc) is 2.25. The van der Waals surface area contributed by atoms with Crippen LogP contribution in [-0.4, -0.2) is 17.4 Å². The lowest BCUT2D eigenvalue weighted by Gasteiger charge is -2.07. The van der Waals surface area contributed by atoms with Crippen LogP contribution < -0.4 is 0 Å². The summed E-state index contributed by atoms with van der Waals surface area (Å²) in [6.07, 6.45) is 1.65. The molecule has 0 bridgehead atoms. The summed E-state index contributed by atoms with van der Waals surface area (Å²) >= 11 is 3.31. The number of alkyl halides is 1. The smallest absolute Gasteiger partial charge is 0.338 e. The Balaban J connectivity index is 2.77. The molecule has 1 aromatic rings. The van der Waals surface area contributed by atoms with Crippen LogP contribution in [0.5, 0.6) is 0 Å². The van der Waals surface area contributed by atoms with E-state index in [-0.39, 0.29) is 10.8 Å². The number of hydrogen-bond donors (Lipinski definition) is 0. The lowest BCUT2D eigenvalue weighted by atomic mass is 10.1. The second kappa shape index (κ2) is 5.71. The third-order valence-corrected chi connectivity index (χ3v) is 2.11. The molecular weight excluding hydrogens is 256 g/mol. The first kappa shape index (κ1) is 12.0. The third-order valence-electron chi connectivity index (χ3n) is 1.84. The SMILES string of the molecule is C=Cc1ccccc1C(=O)OCC(C)Br. The molecule has 0 aliphatic heterocycles. The minimum atomic E-state index is -0.309. The Morgan fingerprint density at radius 1 is 1.60 bits per heavy atom. The van der Waals surface area contributed by atoms with Crippen molar-refractivity contribution in [2.24, 2.45) is 0 Å².